The second-order valence-corrected chi connectivity index (χ2v) is 15.8. The monoisotopic (exact) mass is 800 g/mol. The van der Waals surface area contributed by atoms with Crippen LogP contribution in [0, 0.1) is 24.5 Å². The Morgan fingerprint density at radius 2 is 1.60 bits per heavy atom. The molecule has 3 aromatic heterocycles. The summed E-state index contributed by atoms with van der Waals surface area (Å²) in [6, 6.07) is 12.3. The molecule has 2 aliphatic heterocycles. The standard InChI is InChI=1S/C41H44ClF2N9O4/c1-26-32(25-52(47-26)20-19-49-14-6-5-7-35(49)54)29-10-11-31(37(44)36(29)43)34-24-45-38(48(34)2)39(55)46-28-8-9-30(33(42)23-28)41(57)51-17-15-50(16-18-51)40(56)27-12-21-53(3,4)22-13-27/h5-11,14,23-25,27H,12-13,15-22H2,1-4H3/p+1. The first-order valence-electron chi connectivity index (χ1n) is 18.9. The van der Waals surface area contributed by atoms with Gasteiger partial charge in [-0.05, 0) is 37.3 Å². The highest BCUT2D eigenvalue weighted by atomic mass is 35.5. The number of pyridine rings is 1. The zero-order valence-electron chi connectivity index (χ0n) is 32.3. The van der Waals surface area contributed by atoms with Gasteiger partial charge in [0.2, 0.25) is 5.91 Å². The Kier molecular flexibility index (Phi) is 11.1. The van der Waals surface area contributed by atoms with E-state index in [1.165, 1.54) is 46.6 Å². The van der Waals surface area contributed by atoms with E-state index in [4.69, 9.17) is 11.6 Å². The molecule has 2 saturated heterocycles. The number of nitrogens with one attached hydrogen (secondary N) is 1. The summed E-state index contributed by atoms with van der Waals surface area (Å²) in [5.41, 5.74) is 1.43. The molecule has 0 atom stereocenters. The van der Waals surface area contributed by atoms with Gasteiger partial charge < -0.3 is 28.7 Å². The lowest BCUT2D eigenvalue weighted by molar-refractivity contribution is -0.895. The molecule has 0 unspecified atom stereocenters. The van der Waals surface area contributed by atoms with Crippen molar-refractivity contribution in [1.29, 1.82) is 0 Å². The highest BCUT2D eigenvalue weighted by molar-refractivity contribution is 6.34. The maximum Gasteiger partial charge on any atom is 0.291 e. The number of carbonyl (C=O) groups is 3. The average Bonchev–Trinajstić information content (AvgIpc) is 3.76. The summed E-state index contributed by atoms with van der Waals surface area (Å²) in [6.45, 7) is 6.06. The summed E-state index contributed by atoms with van der Waals surface area (Å²) in [5.74, 6) is -2.95. The van der Waals surface area contributed by atoms with Crippen molar-refractivity contribution in [2.75, 3.05) is 58.7 Å². The van der Waals surface area contributed by atoms with Crippen molar-refractivity contribution < 1.29 is 27.6 Å². The molecular weight excluding hydrogens is 756 g/mol. The van der Waals surface area contributed by atoms with E-state index in [1.807, 2.05) is 4.90 Å². The van der Waals surface area contributed by atoms with Gasteiger partial charge in [0.25, 0.3) is 17.4 Å². The number of hydrogen-bond acceptors (Lipinski definition) is 6. The van der Waals surface area contributed by atoms with Crippen LogP contribution in [0.2, 0.25) is 5.02 Å². The van der Waals surface area contributed by atoms with Gasteiger partial charge in [0.05, 0.1) is 61.9 Å². The van der Waals surface area contributed by atoms with E-state index >= 15 is 8.78 Å². The summed E-state index contributed by atoms with van der Waals surface area (Å²) < 4.78 is 36.8. The number of quaternary nitrogens is 1. The van der Waals surface area contributed by atoms with E-state index in [-0.39, 0.29) is 56.5 Å². The first kappa shape index (κ1) is 39.6. The SMILES string of the molecule is Cc1nn(CCn2ccccc2=O)cc1-c1ccc(-c2cnc(C(=O)Nc3ccc(C(=O)N4CCN(C(=O)C5CC[N+](C)(C)CC5)CC4)c(Cl)c3)n2C)c(F)c1F. The average molecular weight is 801 g/mol. The van der Waals surface area contributed by atoms with Gasteiger partial charge in [-0.15, -0.1) is 0 Å². The van der Waals surface area contributed by atoms with Crippen LogP contribution in [-0.4, -0.2) is 109 Å². The van der Waals surface area contributed by atoms with E-state index < -0.39 is 17.5 Å². The normalized spacial score (nSPS) is 15.8. The molecule has 0 aliphatic carbocycles. The van der Waals surface area contributed by atoms with Gasteiger partial charge in [-0.1, -0.05) is 23.7 Å². The molecule has 13 nitrogen and oxygen atoms in total. The predicted molar refractivity (Wildman–Crippen MR) is 212 cm³/mol. The Labute approximate surface area is 333 Å². The fraction of sp³-hybridized carbons (Fsp3) is 0.366. The van der Waals surface area contributed by atoms with Crippen LogP contribution in [0.5, 0.6) is 0 Å². The number of anilines is 1. The Hall–Kier alpha value is -5.67. The van der Waals surface area contributed by atoms with Crippen molar-refractivity contribution >= 4 is 35.0 Å². The Bertz CT molecular complexity index is 2400. The number of piperidine rings is 1. The molecule has 2 fully saturated rings. The number of piperazine rings is 1. The van der Waals surface area contributed by atoms with Crippen LogP contribution >= 0.6 is 11.6 Å². The van der Waals surface area contributed by atoms with Gasteiger partial charge in [-0.3, -0.25) is 23.9 Å². The zero-order chi connectivity index (χ0) is 40.6. The largest absolute Gasteiger partial charge is 0.339 e. The molecule has 0 saturated carbocycles. The van der Waals surface area contributed by atoms with Crippen LogP contribution in [0.3, 0.4) is 0 Å². The predicted octanol–water partition coefficient (Wildman–Crippen LogP) is 5.08. The van der Waals surface area contributed by atoms with E-state index in [0.29, 0.717) is 56.2 Å². The number of imidazole rings is 1. The second-order valence-electron chi connectivity index (χ2n) is 15.4. The number of benzene rings is 2. The van der Waals surface area contributed by atoms with Crippen LogP contribution < -0.4 is 10.9 Å². The first-order chi connectivity index (χ1) is 27.2. The van der Waals surface area contributed by atoms with Crippen molar-refractivity contribution in [3.63, 3.8) is 0 Å². The maximum atomic E-state index is 15.7. The summed E-state index contributed by atoms with van der Waals surface area (Å²) in [4.78, 5) is 59.7. The van der Waals surface area contributed by atoms with Crippen molar-refractivity contribution in [3.05, 3.63) is 111 Å². The molecule has 298 valence electrons. The molecule has 2 aromatic carbocycles. The van der Waals surface area contributed by atoms with E-state index in [0.717, 1.165) is 30.4 Å². The molecule has 57 heavy (non-hydrogen) atoms. The number of nitrogens with zero attached hydrogens (tertiary/aromatic N) is 8. The minimum absolute atomic E-state index is 0.0200. The fourth-order valence-corrected chi connectivity index (χ4v) is 7.87. The van der Waals surface area contributed by atoms with Crippen molar-refractivity contribution in [2.24, 2.45) is 13.0 Å². The van der Waals surface area contributed by atoms with E-state index in [1.54, 1.807) is 53.2 Å². The smallest absolute Gasteiger partial charge is 0.291 e. The summed E-state index contributed by atoms with van der Waals surface area (Å²) in [6.07, 6.45) is 6.32. The van der Waals surface area contributed by atoms with Crippen LogP contribution in [0.25, 0.3) is 22.4 Å². The molecule has 2 aliphatic rings. The number of likely N-dealkylation sites (tertiary alicyclic amines) is 1. The number of aromatic nitrogens is 5. The minimum Gasteiger partial charge on any atom is -0.339 e. The number of aryl methyl sites for hydroxylation is 3. The molecule has 0 bridgehead atoms. The molecule has 3 amide bonds. The number of hydrogen-bond donors (Lipinski definition) is 1. The van der Waals surface area contributed by atoms with Crippen molar-refractivity contribution in [2.45, 2.75) is 32.9 Å². The van der Waals surface area contributed by atoms with Crippen LogP contribution in [0.15, 0.2) is 71.9 Å². The number of carbonyl (C=O) groups excluding carboxylic acids is 3. The van der Waals surface area contributed by atoms with Crippen LogP contribution in [-0.2, 0) is 24.9 Å². The topological polar surface area (TPSA) is 127 Å². The Balaban J connectivity index is 0.979. The Morgan fingerprint density at radius 1 is 0.912 bits per heavy atom. The fourth-order valence-electron chi connectivity index (χ4n) is 7.60. The van der Waals surface area contributed by atoms with Gasteiger partial charge in [0.15, 0.2) is 17.5 Å². The highest BCUT2D eigenvalue weighted by Crippen LogP contribution is 2.33. The quantitative estimate of drug-likeness (QED) is 0.208. The highest BCUT2D eigenvalue weighted by Gasteiger charge is 2.35. The minimum atomic E-state index is -1.11. The molecule has 0 radical (unpaired) electrons. The van der Waals surface area contributed by atoms with Crippen molar-refractivity contribution in [3.8, 4) is 22.4 Å². The first-order valence-corrected chi connectivity index (χ1v) is 19.3. The molecule has 0 spiro atoms. The van der Waals surface area contributed by atoms with Gasteiger partial charge in [0.1, 0.15) is 0 Å². The van der Waals surface area contributed by atoms with Gasteiger partial charge in [0, 0.05) is 99.4 Å². The molecule has 5 aromatic rings. The lowest BCUT2D eigenvalue weighted by Gasteiger charge is -2.40. The summed E-state index contributed by atoms with van der Waals surface area (Å²) in [7, 11) is 5.89. The van der Waals surface area contributed by atoms with Crippen LogP contribution in [0.4, 0.5) is 14.5 Å². The lowest BCUT2D eigenvalue weighted by Crippen LogP contribution is -2.54. The van der Waals surface area contributed by atoms with E-state index in [9.17, 15) is 19.2 Å². The summed E-state index contributed by atoms with van der Waals surface area (Å²) >= 11 is 6.56. The van der Waals surface area contributed by atoms with E-state index in [2.05, 4.69) is 29.5 Å². The summed E-state index contributed by atoms with van der Waals surface area (Å²) in [5, 5.41) is 7.30. The third-order valence-electron chi connectivity index (χ3n) is 11.1. The second kappa shape index (κ2) is 16.1. The molecular formula is C41H45ClF2N9O4+. The van der Waals surface area contributed by atoms with Crippen LogP contribution in [0.1, 0.15) is 39.5 Å². The third kappa shape index (κ3) is 8.26. The molecule has 5 heterocycles. The van der Waals surface area contributed by atoms with Gasteiger partial charge >= 0.3 is 0 Å². The lowest BCUT2D eigenvalue weighted by atomic mass is 9.94. The van der Waals surface area contributed by atoms with Gasteiger partial charge in [-0.25, -0.2) is 13.8 Å². The van der Waals surface area contributed by atoms with Crippen molar-refractivity contribution in [1.82, 2.24) is 33.7 Å². The molecule has 7 rings (SSSR count). The molecule has 16 heteroatoms. The van der Waals surface area contributed by atoms with Gasteiger partial charge in [-0.2, -0.15) is 5.10 Å². The third-order valence-corrected chi connectivity index (χ3v) is 11.4. The number of halogens is 3. The number of rotatable bonds is 9. The Morgan fingerprint density at radius 3 is 2.30 bits per heavy atom. The number of amides is 3. The molecule has 1 N–H and O–H groups in total. The maximum absolute atomic E-state index is 15.7. The zero-order valence-corrected chi connectivity index (χ0v) is 33.1.